The number of hydrogen-bond donors (Lipinski definition) is 0. The largest absolute Gasteiger partial charge is 0.303 e. The van der Waals surface area contributed by atoms with Crippen molar-refractivity contribution < 1.29 is 0 Å². The van der Waals surface area contributed by atoms with E-state index in [1.165, 1.54) is 22.6 Å². The molecular formula is C24H22ClN3S2. The van der Waals surface area contributed by atoms with Gasteiger partial charge in [-0.15, -0.1) is 11.3 Å². The van der Waals surface area contributed by atoms with E-state index in [-0.39, 0.29) is 0 Å². The van der Waals surface area contributed by atoms with E-state index >= 15 is 0 Å². The molecule has 1 aliphatic heterocycles. The molecule has 152 valence electrons. The summed E-state index contributed by atoms with van der Waals surface area (Å²) in [6.07, 6.45) is 7.48. The van der Waals surface area contributed by atoms with E-state index in [0.29, 0.717) is 0 Å². The number of benzene rings is 1. The maximum atomic E-state index is 6.02. The lowest BCUT2D eigenvalue weighted by Gasteiger charge is -2.13. The Kier molecular flexibility index (Phi) is 5.68. The minimum absolute atomic E-state index is 0.745. The fourth-order valence-electron chi connectivity index (χ4n) is 3.88. The SMILES string of the molecule is CCc1nc2ccc(C3=CCSCC3)cn2c1Cc1nc(-c2ccc(Cl)cc2)cs1. The third-order valence-corrected chi connectivity index (χ3v) is 7.48. The smallest absolute Gasteiger partial charge is 0.137 e. The van der Waals surface area contributed by atoms with Gasteiger partial charge in [0, 0.05) is 34.3 Å². The Balaban J connectivity index is 1.50. The second kappa shape index (κ2) is 8.58. The van der Waals surface area contributed by atoms with Gasteiger partial charge < -0.3 is 4.40 Å². The molecule has 0 amide bonds. The van der Waals surface area contributed by atoms with Crippen LogP contribution in [-0.4, -0.2) is 25.9 Å². The number of fused-ring (bicyclic) bond motifs is 1. The van der Waals surface area contributed by atoms with Crippen molar-refractivity contribution in [3.05, 3.63) is 81.0 Å². The predicted octanol–water partition coefficient (Wildman–Crippen LogP) is 6.78. The van der Waals surface area contributed by atoms with E-state index in [2.05, 4.69) is 41.1 Å². The normalized spacial score (nSPS) is 14.3. The van der Waals surface area contributed by atoms with Crippen molar-refractivity contribution in [1.82, 2.24) is 14.4 Å². The lowest BCUT2D eigenvalue weighted by Crippen LogP contribution is -2.01. The molecular weight excluding hydrogens is 430 g/mol. The Bertz CT molecular complexity index is 1220. The second-order valence-corrected chi connectivity index (χ2v) is 9.90. The van der Waals surface area contributed by atoms with Crippen molar-refractivity contribution in [2.45, 2.75) is 26.2 Å². The van der Waals surface area contributed by atoms with Gasteiger partial charge in [-0.3, -0.25) is 0 Å². The van der Waals surface area contributed by atoms with Crippen LogP contribution in [0.3, 0.4) is 0 Å². The van der Waals surface area contributed by atoms with E-state index < -0.39 is 0 Å². The first-order chi connectivity index (χ1) is 14.7. The van der Waals surface area contributed by atoms with Crippen LogP contribution in [-0.2, 0) is 12.8 Å². The Morgan fingerprint density at radius 2 is 1.90 bits per heavy atom. The van der Waals surface area contributed by atoms with Crippen molar-refractivity contribution in [2.24, 2.45) is 0 Å². The summed E-state index contributed by atoms with van der Waals surface area (Å²) >= 11 is 9.73. The number of pyridine rings is 1. The van der Waals surface area contributed by atoms with Crippen LogP contribution < -0.4 is 0 Å². The highest BCUT2D eigenvalue weighted by atomic mass is 35.5. The van der Waals surface area contributed by atoms with Crippen molar-refractivity contribution >= 4 is 45.9 Å². The van der Waals surface area contributed by atoms with Crippen LogP contribution in [0.2, 0.25) is 5.02 Å². The molecule has 0 N–H and O–H groups in total. The molecule has 0 bridgehead atoms. The van der Waals surface area contributed by atoms with E-state index in [4.69, 9.17) is 21.6 Å². The zero-order valence-corrected chi connectivity index (χ0v) is 19.2. The lowest BCUT2D eigenvalue weighted by atomic mass is 10.1. The zero-order chi connectivity index (χ0) is 20.5. The van der Waals surface area contributed by atoms with Crippen molar-refractivity contribution in [1.29, 1.82) is 0 Å². The highest BCUT2D eigenvalue weighted by molar-refractivity contribution is 7.99. The van der Waals surface area contributed by atoms with E-state index in [1.807, 2.05) is 36.0 Å². The predicted molar refractivity (Wildman–Crippen MR) is 130 cm³/mol. The van der Waals surface area contributed by atoms with Gasteiger partial charge in [-0.05, 0) is 54.0 Å². The van der Waals surface area contributed by atoms with Crippen molar-refractivity contribution in [3.63, 3.8) is 0 Å². The number of imidazole rings is 1. The summed E-state index contributed by atoms with van der Waals surface area (Å²) in [5, 5.41) is 3.98. The van der Waals surface area contributed by atoms with Crippen LogP contribution >= 0.6 is 34.7 Å². The average molecular weight is 452 g/mol. The molecule has 0 unspecified atom stereocenters. The zero-order valence-electron chi connectivity index (χ0n) is 16.8. The highest BCUT2D eigenvalue weighted by Crippen LogP contribution is 2.29. The number of halogens is 1. The monoisotopic (exact) mass is 451 g/mol. The van der Waals surface area contributed by atoms with Gasteiger partial charge in [0.25, 0.3) is 0 Å². The molecule has 1 aromatic carbocycles. The van der Waals surface area contributed by atoms with Gasteiger partial charge in [-0.25, -0.2) is 9.97 Å². The summed E-state index contributed by atoms with van der Waals surface area (Å²) in [4.78, 5) is 9.79. The highest BCUT2D eigenvalue weighted by Gasteiger charge is 2.16. The standard InChI is InChI=1S/C24H22ClN3S2/c1-2-20-22(13-24-27-21(15-30-24)17-3-6-19(25)7-4-17)28-14-18(5-8-23(28)26-20)16-9-11-29-12-10-16/h3-9,14-15H,2,10-13H2,1H3. The fourth-order valence-corrected chi connectivity index (χ4v) is 5.66. The van der Waals surface area contributed by atoms with Crippen LogP contribution in [0.1, 0.15) is 35.3 Å². The van der Waals surface area contributed by atoms with Gasteiger partial charge >= 0.3 is 0 Å². The molecule has 6 heteroatoms. The number of aromatic nitrogens is 3. The number of aryl methyl sites for hydroxylation is 1. The molecule has 0 spiro atoms. The summed E-state index contributed by atoms with van der Waals surface area (Å²) in [5.74, 6) is 2.31. The first-order valence-corrected chi connectivity index (χ1v) is 12.6. The topological polar surface area (TPSA) is 30.2 Å². The van der Waals surface area contributed by atoms with E-state index in [9.17, 15) is 0 Å². The molecule has 0 fully saturated rings. The number of thioether (sulfide) groups is 1. The second-order valence-electron chi connectivity index (χ2n) is 7.37. The lowest BCUT2D eigenvalue weighted by molar-refractivity contribution is 0.955. The Morgan fingerprint density at radius 1 is 1.07 bits per heavy atom. The molecule has 1 aliphatic rings. The quantitative estimate of drug-likeness (QED) is 0.334. The van der Waals surface area contributed by atoms with Gasteiger partial charge in [0.1, 0.15) is 5.65 Å². The summed E-state index contributed by atoms with van der Waals surface area (Å²) in [7, 11) is 0. The maximum absolute atomic E-state index is 6.02. The Hall–Kier alpha value is -2.08. The first kappa shape index (κ1) is 19.9. The minimum atomic E-state index is 0.745. The average Bonchev–Trinajstić information content (AvgIpc) is 3.39. The molecule has 3 aromatic heterocycles. The molecule has 30 heavy (non-hydrogen) atoms. The van der Waals surface area contributed by atoms with Gasteiger partial charge in [-0.1, -0.05) is 36.7 Å². The Morgan fingerprint density at radius 3 is 2.67 bits per heavy atom. The van der Waals surface area contributed by atoms with Crippen LogP contribution in [0.5, 0.6) is 0 Å². The molecule has 0 saturated carbocycles. The summed E-state index contributed by atoms with van der Waals surface area (Å²) in [5.41, 5.74) is 8.29. The fraction of sp³-hybridized carbons (Fsp3) is 0.250. The van der Waals surface area contributed by atoms with E-state index in [0.717, 1.165) is 57.6 Å². The molecule has 0 saturated heterocycles. The van der Waals surface area contributed by atoms with Crippen LogP contribution in [0.15, 0.2) is 54.1 Å². The number of nitrogens with zero attached hydrogens (tertiary/aromatic N) is 3. The van der Waals surface area contributed by atoms with Crippen LogP contribution in [0.4, 0.5) is 0 Å². The van der Waals surface area contributed by atoms with Gasteiger partial charge in [0.15, 0.2) is 0 Å². The summed E-state index contributed by atoms with van der Waals surface area (Å²) < 4.78 is 2.28. The third kappa shape index (κ3) is 3.94. The van der Waals surface area contributed by atoms with Crippen LogP contribution in [0, 0.1) is 0 Å². The number of allylic oxidation sites excluding steroid dienone is 1. The molecule has 4 aromatic rings. The molecule has 4 heterocycles. The molecule has 0 aliphatic carbocycles. The number of hydrogen-bond acceptors (Lipinski definition) is 4. The number of rotatable bonds is 5. The number of thiazole rings is 1. The van der Waals surface area contributed by atoms with Gasteiger partial charge in [0.05, 0.1) is 22.1 Å². The molecule has 0 radical (unpaired) electrons. The molecule has 5 rings (SSSR count). The molecule has 0 atom stereocenters. The van der Waals surface area contributed by atoms with Crippen molar-refractivity contribution in [3.8, 4) is 11.3 Å². The molecule has 3 nitrogen and oxygen atoms in total. The first-order valence-electron chi connectivity index (χ1n) is 10.2. The minimum Gasteiger partial charge on any atom is -0.303 e. The Labute approximate surface area is 189 Å². The maximum Gasteiger partial charge on any atom is 0.137 e. The van der Waals surface area contributed by atoms with Crippen molar-refractivity contribution in [2.75, 3.05) is 11.5 Å². The summed E-state index contributed by atoms with van der Waals surface area (Å²) in [6, 6.07) is 12.2. The van der Waals surface area contributed by atoms with Gasteiger partial charge in [0.2, 0.25) is 0 Å². The van der Waals surface area contributed by atoms with Crippen LogP contribution in [0.25, 0.3) is 22.5 Å². The summed E-state index contributed by atoms with van der Waals surface area (Å²) in [6.45, 7) is 2.17. The van der Waals surface area contributed by atoms with E-state index in [1.54, 1.807) is 11.3 Å². The van der Waals surface area contributed by atoms with Gasteiger partial charge in [-0.2, -0.15) is 11.8 Å². The third-order valence-electron chi connectivity index (χ3n) is 5.48.